The zero-order valence-electron chi connectivity index (χ0n) is 11.6. The van der Waals surface area contributed by atoms with Crippen molar-refractivity contribution in [3.63, 3.8) is 0 Å². The lowest BCUT2D eigenvalue weighted by Gasteiger charge is -2.14. The van der Waals surface area contributed by atoms with Gasteiger partial charge in [-0.1, -0.05) is 25.0 Å². The van der Waals surface area contributed by atoms with E-state index in [-0.39, 0.29) is 5.91 Å². The summed E-state index contributed by atoms with van der Waals surface area (Å²) in [5.41, 5.74) is 8.77. The summed E-state index contributed by atoms with van der Waals surface area (Å²) in [6.07, 6.45) is 4.56. The smallest absolute Gasteiger partial charge is 0.252 e. The fourth-order valence-corrected chi connectivity index (χ4v) is 2.92. The number of nitrogen functional groups attached to an aromatic ring is 1. The van der Waals surface area contributed by atoms with Gasteiger partial charge in [-0.05, 0) is 31.9 Å². The molecule has 1 aliphatic rings. The van der Waals surface area contributed by atoms with Gasteiger partial charge < -0.3 is 11.1 Å². The molecular weight excluding hydrogens is 250 g/mol. The molecule has 4 nitrogen and oxygen atoms in total. The van der Waals surface area contributed by atoms with Crippen molar-refractivity contribution < 1.29 is 4.79 Å². The second-order valence-electron chi connectivity index (χ2n) is 5.51. The Kier molecular flexibility index (Phi) is 3.30. The average molecular weight is 269 g/mol. The number of nitrogens with one attached hydrogen (secondary N) is 1. The predicted molar refractivity (Wildman–Crippen MR) is 80.6 cm³/mol. The molecule has 1 aromatic heterocycles. The van der Waals surface area contributed by atoms with E-state index in [0.29, 0.717) is 22.8 Å². The first kappa shape index (κ1) is 12.9. The van der Waals surface area contributed by atoms with Crippen molar-refractivity contribution in [1.82, 2.24) is 10.3 Å². The third-order valence-corrected chi connectivity index (χ3v) is 3.93. The number of fused-ring (bicyclic) bond motifs is 1. The van der Waals surface area contributed by atoms with Crippen LogP contribution >= 0.6 is 0 Å². The number of rotatable bonds is 2. The second kappa shape index (κ2) is 5.12. The number of carbonyl (C=O) groups excluding carboxylic acids is 1. The van der Waals surface area contributed by atoms with E-state index in [4.69, 9.17) is 5.73 Å². The fourth-order valence-electron chi connectivity index (χ4n) is 2.92. The summed E-state index contributed by atoms with van der Waals surface area (Å²) in [5, 5.41) is 3.95. The maximum atomic E-state index is 12.5. The molecule has 0 radical (unpaired) electrons. The van der Waals surface area contributed by atoms with Gasteiger partial charge in [0.25, 0.3) is 5.91 Å². The van der Waals surface area contributed by atoms with E-state index < -0.39 is 0 Å². The van der Waals surface area contributed by atoms with Crippen molar-refractivity contribution in [1.29, 1.82) is 0 Å². The summed E-state index contributed by atoms with van der Waals surface area (Å²) in [4.78, 5) is 16.9. The number of amides is 1. The Bertz CT molecular complexity index is 660. The first-order valence-corrected chi connectivity index (χ1v) is 7.12. The highest BCUT2D eigenvalue weighted by Crippen LogP contribution is 2.24. The summed E-state index contributed by atoms with van der Waals surface area (Å²) in [6.45, 7) is 1.89. The number of anilines is 1. The summed E-state index contributed by atoms with van der Waals surface area (Å²) >= 11 is 0. The highest BCUT2D eigenvalue weighted by atomic mass is 16.1. The van der Waals surface area contributed by atoms with E-state index in [1.165, 1.54) is 12.8 Å². The van der Waals surface area contributed by atoms with E-state index >= 15 is 0 Å². The summed E-state index contributed by atoms with van der Waals surface area (Å²) in [6, 6.07) is 7.73. The molecule has 0 atom stereocenters. The Morgan fingerprint density at radius 3 is 2.85 bits per heavy atom. The van der Waals surface area contributed by atoms with Crippen LogP contribution in [0.2, 0.25) is 0 Å². The zero-order chi connectivity index (χ0) is 14.1. The van der Waals surface area contributed by atoms with Gasteiger partial charge >= 0.3 is 0 Å². The van der Waals surface area contributed by atoms with E-state index in [0.717, 1.165) is 23.9 Å². The van der Waals surface area contributed by atoms with E-state index in [2.05, 4.69) is 10.3 Å². The molecule has 104 valence electrons. The zero-order valence-corrected chi connectivity index (χ0v) is 11.6. The number of nitrogens with two attached hydrogens (primary N) is 1. The number of benzene rings is 1. The molecular formula is C16H19N3O. The lowest BCUT2D eigenvalue weighted by atomic mass is 10.1. The fraction of sp³-hybridized carbons (Fsp3) is 0.375. The van der Waals surface area contributed by atoms with Gasteiger partial charge in [0.2, 0.25) is 0 Å². The van der Waals surface area contributed by atoms with Gasteiger partial charge in [-0.2, -0.15) is 0 Å². The van der Waals surface area contributed by atoms with Crippen LogP contribution in [0.5, 0.6) is 0 Å². The SMILES string of the molecule is Cc1cc(C(=O)NC2CCCC2)c2cccc(N)c2n1. The molecule has 0 aliphatic heterocycles. The number of hydrogen-bond acceptors (Lipinski definition) is 3. The number of carbonyl (C=O) groups is 1. The first-order chi connectivity index (χ1) is 9.65. The van der Waals surface area contributed by atoms with Crippen LogP contribution in [0, 0.1) is 6.92 Å². The van der Waals surface area contributed by atoms with Gasteiger partial charge in [0.1, 0.15) is 0 Å². The number of para-hydroxylation sites is 1. The molecule has 0 unspecified atom stereocenters. The Morgan fingerprint density at radius 2 is 2.10 bits per heavy atom. The predicted octanol–water partition coefficient (Wildman–Crippen LogP) is 2.80. The van der Waals surface area contributed by atoms with Crippen LogP contribution in [0.1, 0.15) is 41.7 Å². The van der Waals surface area contributed by atoms with Crippen LogP contribution < -0.4 is 11.1 Å². The van der Waals surface area contributed by atoms with Crippen molar-refractivity contribution in [2.75, 3.05) is 5.73 Å². The lowest BCUT2D eigenvalue weighted by Crippen LogP contribution is -2.32. The van der Waals surface area contributed by atoms with Gasteiger partial charge in [0.15, 0.2) is 0 Å². The Labute approximate surface area is 118 Å². The normalized spacial score (nSPS) is 15.7. The Morgan fingerprint density at radius 1 is 1.35 bits per heavy atom. The van der Waals surface area contributed by atoms with Crippen molar-refractivity contribution in [2.45, 2.75) is 38.6 Å². The monoisotopic (exact) mass is 269 g/mol. The van der Waals surface area contributed by atoms with Crippen LogP contribution in [-0.2, 0) is 0 Å². The summed E-state index contributed by atoms with van der Waals surface area (Å²) in [5.74, 6) is -0.0157. The highest BCUT2D eigenvalue weighted by molar-refractivity contribution is 6.08. The minimum absolute atomic E-state index is 0.0157. The van der Waals surface area contributed by atoms with Gasteiger partial charge in [0, 0.05) is 17.1 Å². The van der Waals surface area contributed by atoms with Gasteiger partial charge in [-0.3, -0.25) is 9.78 Å². The van der Waals surface area contributed by atoms with Crippen molar-refractivity contribution in [3.8, 4) is 0 Å². The molecule has 4 heteroatoms. The van der Waals surface area contributed by atoms with Crippen LogP contribution in [0.4, 0.5) is 5.69 Å². The number of hydrogen-bond donors (Lipinski definition) is 2. The van der Waals surface area contributed by atoms with Crippen LogP contribution in [0.3, 0.4) is 0 Å². The van der Waals surface area contributed by atoms with Crippen LogP contribution in [-0.4, -0.2) is 16.9 Å². The van der Waals surface area contributed by atoms with E-state index in [1.807, 2.05) is 31.2 Å². The molecule has 3 N–H and O–H groups in total. The molecule has 2 aromatic rings. The topological polar surface area (TPSA) is 68.0 Å². The quantitative estimate of drug-likeness (QED) is 0.824. The van der Waals surface area contributed by atoms with E-state index in [1.54, 1.807) is 0 Å². The molecule has 20 heavy (non-hydrogen) atoms. The summed E-state index contributed by atoms with van der Waals surface area (Å²) < 4.78 is 0. The standard InChI is InChI=1S/C16H19N3O/c1-10-9-13(16(20)19-11-5-2-3-6-11)12-7-4-8-14(17)15(12)18-10/h4,7-9,11H,2-3,5-6,17H2,1H3,(H,19,20). The third-order valence-electron chi connectivity index (χ3n) is 3.93. The maximum absolute atomic E-state index is 12.5. The number of aromatic nitrogens is 1. The lowest BCUT2D eigenvalue weighted by molar-refractivity contribution is 0.0939. The van der Waals surface area contributed by atoms with Crippen LogP contribution in [0.25, 0.3) is 10.9 Å². The molecule has 1 saturated carbocycles. The molecule has 1 amide bonds. The number of nitrogens with zero attached hydrogens (tertiary/aromatic N) is 1. The molecule has 1 heterocycles. The van der Waals surface area contributed by atoms with Gasteiger partial charge in [-0.25, -0.2) is 0 Å². The maximum Gasteiger partial charge on any atom is 0.252 e. The second-order valence-corrected chi connectivity index (χ2v) is 5.51. The average Bonchev–Trinajstić information content (AvgIpc) is 2.92. The summed E-state index contributed by atoms with van der Waals surface area (Å²) in [7, 11) is 0. The molecule has 1 aromatic carbocycles. The van der Waals surface area contributed by atoms with Crippen molar-refractivity contribution >= 4 is 22.5 Å². The van der Waals surface area contributed by atoms with Crippen molar-refractivity contribution in [3.05, 3.63) is 35.5 Å². The van der Waals surface area contributed by atoms with Crippen LogP contribution in [0.15, 0.2) is 24.3 Å². The Hall–Kier alpha value is -2.10. The molecule has 0 saturated heterocycles. The van der Waals surface area contributed by atoms with Gasteiger partial charge in [0.05, 0.1) is 16.8 Å². The van der Waals surface area contributed by atoms with E-state index in [9.17, 15) is 4.79 Å². The van der Waals surface area contributed by atoms with Gasteiger partial charge in [-0.15, -0.1) is 0 Å². The molecule has 0 spiro atoms. The minimum Gasteiger partial charge on any atom is -0.397 e. The first-order valence-electron chi connectivity index (χ1n) is 7.12. The van der Waals surface area contributed by atoms with Crippen molar-refractivity contribution in [2.24, 2.45) is 0 Å². The molecule has 3 rings (SSSR count). The largest absolute Gasteiger partial charge is 0.397 e. The number of aryl methyl sites for hydroxylation is 1. The molecule has 1 aliphatic carbocycles. The minimum atomic E-state index is -0.0157. The number of pyridine rings is 1. The molecule has 0 bridgehead atoms. The Balaban J connectivity index is 2.01. The highest BCUT2D eigenvalue weighted by Gasteiger charge is 2.20. The molecule has 1 fully saturated rings. The third kappa shape index (κ3) is 2.33.